The van der Waals surface area contributed by atoms with Gasteiger partial charge in [0.15, 0.2) is 0 Å². The van der Waals surface area contributed by atoms with Gasteiger partial charge in [0.1, 0.15) is 6.54 Å². The van der Waals surface area contributed by atoms with Crippen LogP contribution in [0.1, 0.15) is 35.2 Å². The van der Waals surface area contributed by atoms with Gasteiger partial charge < -0.3 is 5.32 Å². The number of hydrogen-bond donors (Lipinski definition) is 1. The van der Waals surface area contributed by atoms with Crippen molar-refractivity contribution in [2.24, 2.45) is 0 Å². The summed E-state index contributed by atoms with van der Waals surface area (Å²) in [5.74, 6) is 0.365. The fourth-order valence-electron chi connectivity index (χ4n) is 2.89. The third-order valence-corrected chi connectivity index (χ3v) is 4.17. The van der Waals surface area contributed by atoms with Crippen LogP contribution in [0, 0.1) is 20.8 Å². The van der Waals surface area contributed by atoms with E-state index in [1.807, 2.05) is 38.1 Å². The van der Waals surface area contributed by atoms with E-state index in [1.165, 1.54) is 21.5 Å². The smallest absolute Gasteiger partial charge is 0.244 e. The number of tetrazole rings is 1. The molecular weight excluding hydrogens is 326 g/mol. The number of benzene rings is 2. The van der Waals surface area contributed by atoms with Gasteiger partial charge in [-0.15, -0.1) is 10.2 Å². The van der Waals surface area contributed by atoms with Gasteiger partial charge in [-0.3, -0.25) is 4.79 Å². The van der Waals surface area contributed by atoms with Crippen molar-refractivity contribution in [3.05, 3.63) is 64.7 Å². The van der Waals surface area contributed by atoms with Crippen LogP contribution in [0.3, 0.4) is 0 Å². The fourth-order valence-corrected chi connectivity index (χ4v) is 2.89. The van der Waals surface area contributed by atoms with Crippen LogP contribution in [-0.4, -0.2) is 26.1 Å². The molecule has 0 fully saturated rings. The lowest BCUT2D eigenvalue weighted by Gasteiger charge is -2.15. The maximum absolute atomic E-state index is 12.3. The zero-order valence-electron chi connectivity index (χ0n) is 15.5. The topological polar surface area (TPSA) is 72.7 Å². The van der Waals surface area contributed by atoms with Crippen LogP contribution < -0.4 is 5.32 Å². The molecule has 0 aliphatic heterocycles. The van der Waals surface area contributed by atoms with Gasteiger partial charge in [0.05, 0.1) is 6.04 Å². The van der Waals surface area contributed by atoms with Crippen molar-refractivity contribution in [1.82, 2.24) is 25.5 Å². The monoisotopic (exact) mass is 349 g/mol. The average Bonchev–Trinajstić information content (AvgIpc) is 3.02. The van der Waals surface area contributed by atoms with E-state index in [0.29, 0.717) is 5.82 Å². The predicted octanol–water partition coefficient (Wildman–Crippen LogP) is 3.14. The summed E-state index contributed by atoms with van der Waals surface area (Å²) in [5, 5.41) is 15.3. The summed E-state index contributed by atoms with van der Waals surface area (Å²) in [6.07, 6.45) is 0. The summed E-state index contributed by atoms with van der Waals surface area (Å²) in [7, 11) is 0. The Balaban J connectivity index is 1.64. The van der Waals surface area contributed by atoms with E-state index in [9.17, 15) is 4.79 Å². The molecule has 0 spiro atoms. The Morgan fingerprint density at radius 1 is 1.04 bits per heavy atom. The first-order chi connectivity index (χ1) is 12.4. The molecule has 0 unspecified atom stereocenters. The Hall–Kier alpha value is -3.02. The molecule has 26 heavy (non-hydrogen) atoms. The summed E-state index contributed by atoms with van der Waals surface area (Å²) in [6.45, 7) is 8.13. The van der Waals surface area contributed by atoms with Crippen molar-refractivity contribution in [2.45, 2.75) is 40.3 Å². The molecule has 6 heteroatoms. The minimum atomic E-state index is -0.149. The lowest BCUT2D eigenvalue weighted by atomic mass is 10.0. The third kappa shape index (κ3) is 4.33. The number of hydrogen-bond acceptors (Lipinski definition) is 4. The molecule has 0 radical (unpaired) electrons. The highest BCUT2D eigenvalue weighted by molar-refractivity contribution is 5.76. The molecule has 3 rings (SSSR count). The lowest BCUT2D eigenvalue weighted by molar-refractivity contribution is -0.122. The lowest BCUT2D eigenvalue weighted by Crippen LogP contribution is -2.31. The zero-order chi connectivity index (χ0) is 18.7. The van der Waals surface area contributed by atoms with E-state index < -0.39 is 0 Å². The quantitative estimate of drug-likeness (QED) is 0.768. The van der Waals surface area contributed by atoms with E-state index in [2.05, 4.69) is 52.8 Å². The molecule has 0 aliphatic rings. The van der Waals surface area contributed by atoms with Crippen LogP contribution in [-0.2, 0) is 11.3 Å². The van der Waals surface area contributed by atoms with Crippen LogP contribution in [0.15, 0.2) is 42.5 Å². The first-order valence-electron chi connectivity index (χ1n) is 8.63. The second-order valence-electron chi connectivity index (χ2n) is 6.72. The third-order valence-electron chi connectivity index (χ3n) is 4.17. The SMILES string of the molecule is Cc1ccc(-c2nnn(CC(=O)N[C@@H](C)c3cc(C)cc(C)c3)n2)cc1. The van der Waals surface area contributed by atoms with E-state index >= 15 is 0 Å². The standard InChI is InChI=1S/C20H23N5O/c1-13-5-7-17(8-6-13)20-22-24-25(23-20)12-19(26)21-16(4)18-10-14(2)9-15(3)11-18/h5-11,16H,12H2,1-4H3,(H,21,26)/t16-/m0/s1. The van der Waals surface area contributed by atoms with Crippen molar-refractivity contribution in [1.29, 1.82) is 0 Å². The van der Waals surface area contributed by atoms with Gasteiger partial charge in [-0.05, 0) is 38.5 Å². The van der Waals surface area contributed by atoms with E-state index in [0.717, 1.165) is 11.1 Å². The van der Waals surface area contributed by atoms with Gasteiger partial charge in [0.25, 0.3) is 0 Å². The number of rotatable bonds is 5. The van der Waals surface area contributed by atoms with Crippen LogP contribution in [0.2, 0.25) is 0 Å². The molecule has 6 nitrogen and oxygen atoms in total. The fraction of sp³-hybridized carbons (Fsp3) is 0.300. The van der Waals surface area contributed by atoms with Crippen molar-refractivity contribution < 1.29 is 4.79 Å². The molecule has 0 saturated heterocycles. The Morgan fingerprint density at radius 3 is 2.35 bits per heavy atom. The van der Waals surface area contributed by atoms with Gasteiger partial charge in [0, 0.05) is 5.56 Å². The number of amides is 1. The van der Waals surface area contributed by atoms with Crippen molar-refractivity contribution in [3.8, 4) is 11.4 Å². The molecule has 0 aliphatic carbocycles. The zero-order valence-corrected chi connectivity index (χ0v) is 15.5. The number of nitrogens with zero attached hydrogens (tertiary/aromatic N) is 4. The number of nitrogens with one attached hydrogen (secondary N) is 1. The van der Waals surface area contributed by atoms with Crippen molar-refractivity contribution in [3.63, 3.8) is 0 Å². The highest BCUT2D eigenvalue weighted by atomic mass is 16.2. The highest BCUT2D eigenvalue weighted by Gasteiger charge is 2.13. The minimum absolute atomic E-state index is 0.0357. The molecule has 2 aromatic carbocycles. The maximum atomic E-state index is 12.3. The molecule has 1 heterocycles. The largest absolute Gasteiger partial charge is 0.348 e. The van der Waals surface area contributed by atoms with Gasteiger partial charge >= 0.3 is 0 Å². The summed E-state index contributed by atoms with van der Waals surface area (Å²) < 4.78 is 0. The van der Waals surface area contributed by atoms with Crippen LogP contribution in [0.25, 0.3) is 11.4 Å². The maximum Gasteiger partial charge on any atom is 0.244 e. The van der Waals surface area contributed by atoms with Gasteiger partial charge in [-0.1, -0.05) is 59.2 Å². The molecule has 1 N–H and O–H groups in total. The van der Waals surface area contributed by atoms with Crippen molar-refractivity contribution >= 4 is 5.91 Å². The molecule has 0 bridgehead atoms. The Kier molecular flexibility index (Phi) is 5.11. The Morgan fingerprint density at radius 2 is 1.69 bits per heavy atom. The normalized spacial score (nSPS) is 12.0. The second-order valence-corrected chi connectivity index (χ2v) is 6.72. The Labute approximate surface area is 153 Å². The number of aryl methyl sites for hydroxylation is 3. The van der Waals surface area contributed by atoms with Gasteiger partial charge in [-0.2, -0.15) is 4.80 Å². The first-order valence-corrected chi connectivity index (χ1v) is 8.63. The molecule has 1 amide bonds. The van der Waals surface area contributed by atoms with Crippen LogP contribution in [0.5, 0.6) is 0 Å². The molecule has 3 aromatic rings. The molecule has 1 atom stereocenters. The average molecular weight is 349 g/mol. The Bertz CT molecular complexity index is 894. The summed E-state index contributed by atoms with van der Waals surface area (Å²) in [6, 6.07) is 14.1. The number of carbonyl (C=O) groups excluding carboxylic acids is 1. The molecule has 134 valence electrons. The summed E-state index contributed by atoms with van der Waals surface area (Å²) in [5.41, 5.74) is 5.50. The van der Waals surface area contributed by atoms with Crippen LogP contribution >= 0.6 is 0 Å². The first kappa shape index (κ1) is 17.8. The number of aromatic nitrogens is 4. The summed E-state index contributed by atoms with van der Waals surface area (Å²) in [4.78, 5) is 13.6. The minimum Gasteiger partial charge on any atom is -0.348 e. The van der Waals surface area contributed by atoms with Gasteiger partial charge in [-0.25, -0.2) is 0 Å². The van der Waals surface area contributed by atoms with Crippen LogP contribution in [0.4, 0.5) is 0 Å². The van der Waals surface area contributed by atoms with E-state index in [1.54, 1.807) is 0 Å². The predicted molar refractivity (Wildman–Crippen MR) is 100 cm³/mol. The summed E-state index contributed by atoms with van der Waals surface area (Å²) >= 11 is 0. The number of carbonyl (C=O) groups is 1. The van der Waals surface area contributed by atoms with E-state index in [-0.39, 0.29) is 18.5 Å². The second kappa shape index (κ2) is 7.47. The molecule has 0 saturated carbocycles. The van der Waals surface area contributed by atoms with Gasteiger partial charge in [0.2, 0.25) is 11.7 Å². The molecular formula is C20H23N5O. The highest BCUT2D eigenvalue weighted by Crippen LogP contribution is 2.17. The van der Waals surface area contributed by atoms with Crippen molar-refractivity contribution in [2.75, 3.05) is 0 Å². The van der Waals surface area contributed by atoms with E-state index in [4.69, 9.17) is 0 Å². The molecule has 1 aromatic heterocycles.